The van der Waals surface area contributed by atoms with E-state index in [0.29, 0.717) is 12.1 Å². The summed E-state index contributed by atoms with van der Waals surface area (Å²) in [4.78, 5) is 26.7. The van der Waals surface area contributed by atoms with Crippen LogP contribution < -0.4 is 10.9 Å². The van der Waals surface area contributed by atoms with Gasteiger partial charge in [0.2, 0.25) is 5.91 Å². The van der Waals surface area contributed by atoms with Crippen LogP contribution in [0.1, 0.15) is 41.1 Å². The Hall–Kier alpha value is -3.49. The van der Waals surface area contributed by atoms with Crippen LogP contribution in [0.3, 0.4) is 0 Å². The van der Waals surface area contributed by atoms with Gasteiger partial charge < -0.3 is 10.3 Å². The number of nitrogens with zero attached hydrogens (tertiary/aromatic N) is 2. The van der Waals surface area contributed by atoms with Gasteiger partial charge in [-0.15, -0.1) is 10.2 Å². The number of aromatic amines is 1. The molecule has 9 heteroatoms. The summed E-state index contributed by atoms with van der Waals surface area (Å²) in [6.45, 7) is 0.533. The van der Waals surface area contributed by atoms with Crippen LogP contribution in [0.4, 0.5) is 13.2 Å². The third kappa shape index (κ3) is 7.04. The van der Waals surface area contributed by atoms with Crippen LogP contribution in [0.25, 0.3) is 0 Å². The molecule has 6 nitrogen and oxygen atoms in total. The Bertz CT molecular complexity index is 1100. The van der Waals surface area contributed by atoms with Gasteiger partial charge in [-0.3, -0.25) is 9.59 Å². The fourth-order valence-corrected chi connectivity index (χ4v) is 3.17. The van der Waals surface area contributed by atoms with Crippen molar-refractivity contribution in [3.05, 3.63) is 93.2 Å². The lowest BCUT2D eigenvalue weighted by molar-refractivity contribution is -0.137. The number of carbonyl (C=O) groups excluding carboxylic acids is 1. The average molecular weight is 444 g/mol. The minimum absolute atomic E-state index is 0.00827. The molecule has 0 spiro atoms. The van der Waals surface area contributed by atoms with Gasteiger partial charge in [0.25, 0.3) is 5.56 Å². The Balaban J connectivity index is 1.47. The number of H-pyrrole nitrogens is 1. The van der Waals surface area contributed by atoms with Crippen molar-refractivity contribution in [1.82, 2.24) is 20.5 Å². The molecule has 0 aliphatic carbocycles. The van der Waals surface area contributed by atoms with Crippen molar-refractivity contribution in [2.75, 3.05) is 6.54 Å². The second-order valence-corrected chi connectivity index (χ2v) is 7.36. The predicted molar refractivity (Wildman–Crippen MR) is 113 cm³/mol. The average Bonchev–Trinajstić information content (AvgIpc) is 2.76. The van der Waals surface area contributed by atoms with Gasteiger partial charge in [-0.05, 0) is 30.0 Å². The van der Waals surface area contributed by atoms with Gasteiger partial charge in [-0.2, -0.15) is 13.2 Å². The molecule has 3 rings (SSSR count). The van der Waals surface area contributed by atoms with Gasteiger partial charge in [0.1, 0.15) is 11.5 Å². The van der Waals surface area contributed by atoms with E-state index in [0.717, 1.165) is 25.0 Å². The smallest absolute Gasteiger partial charge is 0.356 e. The highest BCUT2D eigenvalue weighted by molar-refractivity contribution is 5.76. The van der Waals surface area contributed by atoms with Crippen LogP contribution >= 0.6 is 0 Å². The first-order valence-electron chi connectivity index (χ1n) is 10.2. The molecule has 1 heterocycles. The highest BCUT2D eigenvalue weighted by Crippen LogP contribution is 2.29. The lowest BCUT2D eigenvalue weighted by Crippen LogP contribution is -2.27. The summed E-state index contributed by atoms with van der Waals surface area (Å²) in [6.07, 6.45) is -2.55. The van der Waals surface area contributed by atoms with E-state index in [1.165, 1.54) is 17.7 Å². The van der Waals surface area contributed by atoms with Crippen molar-refractivity contribution in [3.8, 4) is 0 Å². The fraction of sp³-hybridized carbons (Fsp3) is 0.304. The van der Waals surface area contributed by atoms with Crippen molar-refractivity contribution in [3.63, 3.8) is 0 Å². The molecule has 0 saturated carbocycles. The number of hydrogen-bond acceptors (Lipinski definition) is 4. The number of aromatic nitrogens is 3. The summed E-state index contributed by atoms with van der Waals surface area (Å²) in [5.41, 5.74) is 0.397. The van der Waals surface area contributed by atoms with Crippen molar-refractivity contribution in [2.45, 2.75) is 38.3 Å². The second kappa shape index (κ2) is 10.7. The number of aryl methyl sites for hydroxylation is 2. The van der Waals surface area contributed by atoms with Gasteiger partial charge in [-0.25, -0.2) is 0 Å². The van der Waals surface area contributed by atoms with E-state index in [-0.39, 0.29) is 36.7 Å². The lowest BCUT2D eigenvalue weighted by atomic mass is 10.1. The topological polar surface area (TPSA) is 87.7 Å². The molecule has 0 saturated heterocycles. The lowest BCUT2D eigenvalue weighted by Gasteiger charge is -2.08. The summed E-state index contributed by atoms with van der Waals surface area (Å²) >= 11 is 0. The molecule has 32 heavy (non-hydrogen) atoms. The maximum Gasteiger partial charge on any atom is 0.416 e. The van der Waals surface area contributed by atoms with Crippen LogP contribution in [-0.2, 0) is 30.2 Å². The third-order valence-corrected chi connectivity index (χ3v) is 4.83. The first kappa shape index (κ1) is 23.2. The molecule has 0 aliphatic rings. The summed E-state index contributed by atoms with van der Waals surface area (Å²) in [5, 5.41) is 10.6. The highest BCUT2D eigenvalue weighted by atomic mass is 19.4. The maximum atomic E-state index is 12.8. The number of alkyl halides is 3. The molecule has 2 aromatic carbocycles. The van der Waals surface area contributed by atoms with E-state index in [4.69, 9.17) is 0 Å². The van der Waals surface area contributed by atoms with Crippen molar-refractivity contribution >= 4 is 5.91 Å². The zero-order valence-corrected chi connectivity index (χ0v) is 17.3. The van der Waals surface area contributed by atoms with Gasteiger partial charge in [0.05, 0.1) is 5.56 Å². The van der Waals surface area contributed by atoms with Crippen LogP contribution in [0.2, 0.25) is 0 Å². The quantitative estimate of drug-likeness (QED) is 0.495. The molecule has 0 unspecified atom stereocenters. The van der Waals surface area contributed by atoms with Crippen molar-refractivity contribution < 1.29 is 18.0 Å². The Kier molecular flexibility index (Phi) is 7.75. The molecule has 0 radical (unpaired) electrons. The third-order valence-electron chi connectivity index (χ3n) is 4.83. The molecule has 0 fully saturated rings. The van der Waals surface area contributed by atoms with Gasteiger partial charge in [-0.1, -0.05) is 48.5 Å². The van der Waals surface area contributed by atoms with Gasteiger partial charge in [0.15, 0.2) is 0 Å². The maximum absolute atomic E-state index is 12.8. The van der Waals surface area contributed by atoms with E-state index in [2.05, 4.69) is 20.5 Å². The molecule has 1 amide bonds. The van der Waals surface area contributed by atoms with E-state index >= 15 is 0 Å². The molecular weight excluding hydrogens is 421 g/mol. The molecular formula is C23H23F3N4O2. The number of halogens is 3. The van der Waals surface area contributed by atoms with Gasteiger partial charge in [0, 0.05) is 25.8 Å². The Morgan fingerprint density at radius 2 is 1.72 bits per heavy atom. The summed E-state index contributed by atoms with van der Waals surface area (Å²) in [5.74, 6) is -0.0317. The van der Waals surface area contributed by atoms with Gasteiger partial charge >= 0.3 is 6.18 Å². The SMILES string of the molecule is O=C(CCc1nnc(Cc2cccc(C(F)(F)F)c2)[nH]c1=O)NCCCc1ccccc1. The minimum Gasteiger partial charge on any atom is -0.356 e. The summed E-state index contributed by atoms with van der Waals surface area (Å²) < 4.78 is 38.5. The monoisotopic (exact) mass is 444 g/mol. The van der Waals surface area contributed by atoms with E-state index in [1.54, 1.807) is 0 Å². The molecule has 1 aromatic heterocycles. The molecule has 168 valence electrons. The largest absolute Gasteiger partial charge is 0.416 e. The molecule has 3 aromatic rings. The van der Waals surface area contributed by atoms with Crippen molar-refractivity contribution in [1.29, 1.82) is 0 Å². The van der Waals surface area contributed by atoms with Crippen molar-refractivity contribution in [2.24, 2.45) is 0 Å². The predicted octanol–water partition coefficient (Wildman–Crippen LogP) is 3.46. The zero-order chi connectivity index (χ0) is 23.0. The Morgan fingerprint density at radius 3 is 2.44 bits per heavy atom. The van der Waals surface area contributed by atoms with Crippen LogP contribution in [-0.4, -0.2) is 27.6 Å². The summed E-state index contributed by atoms with van der Waals surface area (Å²) in [7, 11) is 0. The number of nitrogens with one attached hydrogen (secondary N) is 2. The Labute approximate surface area is 182 Å². The molecule has 2 N–H and O–H groups in total. The van der Waals surface area contributed by atoms with Crippen LogP contribution in [0, 0.1) is 0 Å². The minimum atomic E-state index is -4.44. The highest BCUT2D eigenvalue weighted by Gasteiger charge is 2.30. The molecule has 0 aliphatic heterocycles. The van der Waals surface area contributed by atoms with E-state index < -0.39 is 17.3 Å². The molecule has 0 atom stereocenters. The normalized spacial score (nSPS) is 11.3. The number of rotatable bonds is 9. The van der Waals surface area contributed by atoms with E-state index in [1.807, 2.05) is 30.3 Å². The second-order valence-electron chi connectivity index (χ2n) is 7.36. The summed E-state index contributed by atoms with van der Waals surface area (Å²) in [6, 6.07) is 14.8. The zero-order valence-electron chi connectivity index (χ0n) is 17.3. The number of benzene rings is 2. The fourth-order valence-electron chi connectivity index (χ4n) is 3.17. The van der Waals surface area contributed by atoms with Crippen LogP contribution in [0.15, 0.2) is 59.4 Å². The number of hydrogen-bond donors (Lipinski definition) is 2. The first-order valence-corrected chi connectivity index (χ1v) is 10.2. The first-order chi connectivity index (χ1) is 15.3. The Morgan fingerprint density at radius 1 is 0.969 bits per heavy atom. The number of amides is 1. The van der Waals surface area contributed by atoms with Crippen LogP contribution in [0.5, 0.6) is 0 Å². The molecule has 0 bridgehead atoms. The number of carbonyl (C=O) groups is 1. The standard InChI is InChI=1S/C23H23F3N4O2/c24-23(25,26)18-10-4-8-17(14-18)15-20-28-22(32)19(29-30-20)11-12-21(31)27-13-5-9-16-6-2-1-3-7-16/h1-4,6-8,10,14H,5,9,11-13,15H2,(H,27,31)(H,28,30,32). The van der Waals surface area contributed by atoms with E-state index in [9.17, 15) is 22.8 Å².